The molecule has 0 bridgehead atoms. The van der Waals surface area contributed by atoms with Crippen LogP contribution >= 0.6 is 0 Å². The van der Waals surface area contributed by atoms with Crippen molar-refractivity contribution in [3.05, 3.63) is 108 Å². The summed E-state index contributed by atoms with van der Waals surface area (Å²) in [6, 6.07) is 28.4. The molecule has 0 aliphatic rings. The molecule has 0 radical (unpaired) electrons. The summed E-state index contributed by atoms with van der Waals surface area (Å²) in [7, 11) is 0. The topological polar surface area (TPSA) is 85.8 Å². The fourth-order valence-corrected chi connectivity index (χ4v) is 3.95. The third-order valence-electron chi connectivity index (χ3n) is 5.98. The molecular formula is C28H27N5O2. The quantitative estimate of drug-likeness (QED) is 0.287. The van der Waals surface area contributed by atoms with E-state index < -0.39 is 0 Å². The van der Waals surface area contributed by atoms with Crippen molar-refractivity contribution >= 4 is 10.9 Å². The Hall–Kier alpha value is -4.26. The van der Waals surface area contributed by atoms with Gasteiger partial charge in [-0.1, -0.05) is 55.5 Å². The standard InChI is InChI=1S/C28H27N5O2/c1-20(12-15-28-30-32-33-31-28)23-8-5-10-26(17-23)34-18-21-6-4-9-25(16-21)35-19-24-14-13-22-7-2-3-11-27(22)29-24/h2-11,13-14,16-17,20H,12,15,18-19H2,1H3,(H,30,31,32,33). The number of nitrogens with zero attached hydrogens (tertiary/aromatic N) is 4. The van der Waals surface area contributed by atoms with E-state index in [1.54, 1.807) is 0 Å². The van der Waals surface area contributed by atoms with Gasteiger partial charge in [0, 0.05) is 11.8 Å². The summed E-state index contributed by atoms with van der Waals surface area (Å²) in [5.41, 5.74) is 4.15. The minimum atomic E-state index is 0.365. The molecule has 0 fully saturated rings. The van der Waals surface area contributed by atoms with Gasteiger partial charge in [0.15, 0.2) is 0 Å². The summed E-state index contributed by atoms with van der Waals surface area (Å²) in [5, 5.41) is 15.2. The lowest BCUT2D eigenvalue weighted by atomic mass is 9.96. The normalized spacial score (nSPS) is 11.9. The highest BCUT2D eigenvalue weighted by molar-refractivity contribution is 5.78. The molecule has 1 N–H and O–H groups in total. The maximum Gasteiger partial charge on any atom is 0.148 e. The summed E-state index contributed by atoms with van der Waals surface area (Å²) < 4.78 is 12.1. The molecule has 7 heteroatoms. The predicted octanol–water partition coefficient (Wildman–Crippen LogP) is 5.64. The highest BCUT2D eigenvalue weighted by atomic mass is 16.5. The number of ether oxygens (including phenoxy) is 2. The van der Waals surface area contributed by atoms with E-state index in [9.17, 15) is 0 Å². The number of rotatable bonds is 10. The minimum absolute atomic E-state index is 0.365. The second-order valence-corrected chi connectivity index (χ2v) is 8.58. The lowest BCUT2D eigenvalue weighted by Crippen LogP contribution is -2.01. The number of para-hydroxylation sites is 1. The Bertz CT molecular complexity index is 1390. The molecule has 0 aliphatic carbocycles. The largest absolute Gasteiger partial charge is 0.489 e. The van der Waals surface area contributed by atoms with Crippen molar-refractivity contribution in [2.24, 2.45) is 0 Å². The molecule has 5 aromatic rings. The molecule has 2 heterocycles. The molecule has 0 saturated heterocycles. The van der Waals surface area contributed by atoms with E-state index in [-0.39, 0.29) is 0 Å². The number of nitrogens with one attached hydrogen (secondary N) is 1. The zero-order valence-corrected chi connectivity index (χ0v) is 19.6. The van der Waals surface area contributed by atoms with Crippen LogP contribution in [0.25, 0.3) is 10.9 Å². The number of tetrazole rings is 1. The molecule has 0 amide bonds. The number of hydrogen-bond donors (Lipinski definition) is 1. The predicted molar refractivity (Wildman–Crippen MR) is 134 cm³/mol. The maximum atomic E-state index is 6.09. The van der Waals surface area contributed by atoms with Gasteiger partial charge in [-0.3, -0.25) is 0 Å². The summed E-state index contributed by atoms with van der Waals surface area (Å²) >= 11 is 0. The summed E-state index contributed by atoms with van der Waals surface area (Å²) in [6.45, 7) is 3.08. The van der Waals surface area contributed by atoms with Gasteiger partial charge in [-0.05, 0) is 70.3 Å². The van der Waals surface area contributed by atoms with Gasteiger partial charge in [0.2, 0.25) is 0 Å². The SMILES string of the molecule is CC(CCc1nnn[nH]1)c1cccc(OCc2cccc(OCc3ccc4ccccc4n3)c2)c1. The zero-order chi connectivity index (χ0) is 23.9. The van der Waals surface area contributed by atoms with Crippen molar-refractivity contribution in [1.82, 2.24) is 25.6 Å². The molecular weight excluding hydrogens is 438 g/mol. The highest BCUT2D eigenvalue weighted by Gasteiger charge is 2.09. The van der Waals surface area contributed by atoms with Gasteiger partial charge in [-0.2, -0.15) is 0 Å². The Balaban J connectivity index is 1.16. The van der Waals surface area contributed by atoms with Crippen LogP contribution in [0.5, 0.6) is 11.5 Å². The van der Waals surface area contributed by atoms with Gasteiger partial charge in [0.05, 0.1) is 11.2 Å². The van der Waals surface area contributed by atoms with Gasteiger partial charge >= 0.3 is 0 Å². The first-order chi connectivity index (χ1) is 17.2. The van der Waals surface area contributed by atoms with Crippen molar-refractivity contribution < 1.29 is 9.47 Å². The summed E-state index contributed by atoms with van der Waals surface area (Å²) in [6.07, 6.45) is 1.76. The molecule has 5 rings (SSSR count). The number of hydrogen-bond acceptors (Lipinski definition) is 6. The number of pyridine rings is 1. The maximum absolute atomic E-state index is 6.09. The summed E-state index contributed by atoms with van der Waals surface area (Å²) in [4.78, 5) is 4.68. The molecule has 3 aromatic carbocycles. The van der Waals surface area contributed by atoms with Crippen LogP contribution in [0.4, 0.5) is 0 Å². The van der Waals surface area contributed by atoms with Crippen LogP contribution in [0.1, 0.15) is 41.9 Å². The van der Waals surface area contributed by atoms with Crippen molar-refractivity contribution in [2.75, 3.05) is 0 Å². The Morgan fingerprint density at radius 1 is 0.829 bits per heavy atom. The molecule has 0 aliphatic heterocycles. The minimum Gasteiger partial charge on any atom is -0.489 e. The van der Waals surface area contributed by atoms with Crippen LogP contribution in [0.3, 0.4) is 0 Å². The van der Waals surface area contributed by atoms with Crippen LogP contribution in [0.15, 0.2) is 84.9 Å². The van der Waals surface area contributed by atoms with Gasteiger partial charge < -0.3 is 9.47 Å². The number of aryl methyl sites for hydroxylation is 1. The van der Waals surface area contributed by atoms with E-state index in [1.165, 1.54) is 5.56 Å². The molecule has 7 nitrogen and oxygen atoms in total. The van der Waals surface area contributed by atoms with Gasteiger partial charge in [0.1, 0.15) is 30.5 Å². The van der Waals surface area contributed by atoms with Gasteiger partial charge in [-0.25, -0.2) is 10.1 Å². The van der Waals surface area contributed by atoms with Gasteiger partial charge in [-0.15, -0.1) is 5.10 Å². The van der Waals surface area contributed by atoms with E-state index in [4.69, 9.17) is 9.47 Å². The van der Waals surface area contributed by atoms with Crippen LogP contribution in [0.2, 0.25) is 0 Å². The van der Waals surface area contributed by atoms with Crippen molar-refractivity contribution in [2.45, 2.75) is 38.9 Å². The highest BCUT2D eigenvalue weighted by Crippen LogP contribution is 2.25. The molecule has 1 atom stereocenters. The Morgan fingerprint density at radius 2 is 1.66 bits per heavy atom. The number of aromatic amines is 1. The number of benzene rings is 3. The van der Waals surface area contributed by atoms with E-state index in [0.717, 1.165) is 52.3 Å². The molecule has 176 valence electrons. The first kappa shape index (κ1) is 22.5. The molecule has 0 spiro atoms. The molecule has 1 unspecified atom stereocenters. The van der Waals surface area contributed by atoms with E-state index in [2.05, 4.69) is 56.8 Å². The van der Waals surface area contributed by atoms with Gasteiger partial charge in [0.25, 0.3) is 0 Å². The lowest BCUT2D eigenvalue weighted by molar-refractivity contribution is 0.293. The average molecular weight is 466 g/mol. The fourth-order valence-electron chi connectivity index (χ4n) is 3.95. The number of fused-ring (bicyclic) bond motifs is 1. The van der Waals surface area contributed by atoms with Crippen molar-refractivity contribution in [3.63, 3.8) is 0 Å². The van der Waals surface area contributed by atoms with Crippen molar-refractivity contribution in [1.29, 1.82) is 0 Å². The fraction of sp³-hybridized carbons (Fsp3) is 0.214. The monoisotopic (exact) mass is 465 g/mol. The summed E-state index contributed by atoms with van der Waals surface area (Å²) in [5.74, 6) is 2.82. The van der Waals surface area contributed by atoms with Crippen LogP contribution in [-0.4, -0.2) is 25.6 Å². The second-order valence-electron chi connectivity index (χ2n) is 8.58. The first-order valence-electron chi connectivity index (χ1n) is 11.7. The van der Waals surface area contributed by atoms with E-state index >= 15 is 0 Å². The van der Waals surface area contributed by atoms with E-state index in [0.29, 0.717) is 19.1 Å². The molecule has 35 heavy (non-hydrogen) atoms. The first-order valence-corrected chi connectivity index (χ1v) is 11.7. The van der Waals surface area contributed by atoms with Crippen LogP contribution in [-0.2, 0) is 19.6 Å². The smallest absolute Gasteiger partial charge is 0.148 e. The zero-order valence-electron chi connectivity index (χ0n) is 19.6. The lowest BCUT2D eigenvalue weighted by Gasteiger charge is -2.13. The van der Waals surface area contributed by atoms with Crippen LogP contribution in [0, 0.1) is 0 Å². The average Bonchev–Trinajstić information content (AvgIpc) is 3.43. The Kier molecular flexibility index (Phi) is 6.94. The molecule has 0 saturated carbocycles. The Labute approximate surface area is 204 Å². The third kappa shape index (κ3) is 6.00. The van der Waals surface area contributed by atoms with Crippen molar-refractivity contribution in [3.8, 4) is 11.5 Å². The van der Waals surface area contributed by atoms with E-state index in [1.807, 2.05) is 60.7 Å². The Morgan fingerprint density at radius 3 is 2.54 bits per heavy atom. The number of H-pyrrole nitrogens is 1. The third-order valence-corrected chi connectivity index (χ3v) is 5.98. The van der Waals surface area contributed by atoms with Crippen LogP contribution < -0.4 is 9.47 Å². The molecule has 2 aromatic heterocycles. The second kappa shape index (κ2) is 10.8. The number of aromatic nitrogens is 5.